The zero-order valence-corrected chi connectivity index (χ0v) is 7.29. The van der Waals surface area contributed by atoms with E-state index in [1.54, 1.807) is 7.11 Å². The first-order chi connectivity index (χ1) is 5.24. The third-order valence-electron chi connectivity index (χ3n) is 2.26. The topological polar surface area (TPSA) is 32.7 Å². The van der Waals surface area contributed by atoms with Crippen molar-refractivity contribution in [2.45, 2.75) is 25.5 Å². The molecule has 3 heteroatoms. The summed E-state index contributed by atoms with van der Waals surface area (Å²) >= 11 is 0. The average Bonchev–Trinajstić information content (AvgIpc) is 2.26. The molecule has 1 aliphatic heterocycles. The van der Waals surface area contributed by atoms with E-state index in [0.717, 1.165) is 26.1 Å². The Kier molecular flexibility index (Phi) is 3.30. The zero-order valence-electron chi connectivity index (χ0n) is 7.29. The van der Waals surface area contributed by atoms with E-state index in [1.807, 2.05) is 0 Å². The van der Waals surface area contributed by atoms with Crippen molar-refractivity contribution in [3.63, 3.8) is 0 Å². The van der Waals surface area contributed by atoms with Gasteiger partial charge in [0, 0.05) is 26.2 Å². The Morgan fingerprint density at radius 3 is 2.82 bits per heavy atom. The molecule has 0 aromatic rings. The van der Waals surface area contributed by atoms with Gasteiger partial charge in [-0.1, -0.05) is 0 Å². The number of hydrogen-bond acceptors (Lipinski definition) is 3. The van der Waals surface area contributed by atoms with Gasteiger partial charge in [-0.2, -0.15) is 0 Å². The maximum atomic E-state index is 9.29. The summed E-state index contributed by atoms with van der Waals surface area (Å²) in [4.78, 5) is 2.26. The van der Waals surface area contributed by atoms with Crippen LogP contribution in [-0.4, -0.2) is 49.0 Å². The number of β-amino-alcohol motifs (C(OH)–C–C–N with tert-alkyl or cyclic N) is 1. The van der Waals surface area contributed by atoms with Crippen LogP contribution in [0.25, 0.3) is 0 Å². The van der Waals surface area contributed by atoms with Gasteiger partial charge in [-0.15, -0.1) is 0 Å². The fourth-order valence-electron chi connectivity index (χ4n) is 1.59. The van der Waals surface area contributed by atoms with Gasteiger partial charge in [0.1, 0.15) is 0 Å². The number of hydrogen-bond donors (Lipinski definition) is 1. The minimum atomic E-state index is -0.123. The van der Waals surface area contributed by atoms with Crippen molar-refractivity contribution in [3.05, 3.63) is 0 Å². The summed E-state index contributed by atoms with van der Waals surface area (Å²) in [6.07, 6.45) is 0.783. The minimum absolute atomic E-state index is 0.123. The highest BCUT2D eigenvalue weighted by atomic mass is 16.5. The fourth-order valence-corrected chi connectivity index (χ4v) is 1.59. The van der Waals surface area contributed by atoms with E-state index in [-0.39, 0.29) is 6.10 Å². The number of methoxy groups -OCH3 is 1. The van der Waals surface area contributed by atoms with Crippen LogP contribution in [-0.2, 0) is 4.74 Å². The molecule has 2 atom stereocenters. The minimum Gasteiger partial charge on any atom is -0.392 e. The second-order valence-corrected chi connectivity index (χ2v) is 3.23. The smallest absolute Gasteiger partial charge is 0.0682 e. The Hall–Kier alpha value is -0.120. The third kappa shape index (κ3) is 2.43. The molecule has 3 nitrogen and oxygen atoms in total. The van der Waals surface area contributed by atoms with Crippen molar-refractivity contribution in [3.8, 4) is 0 Å². The number of ether oxygens (including phenoxy) is 1. The average molecular weight is 159 g/mol. The highest BCUT2D eigenvalue weighted by Crippen LogP contribution is 2.15. The summed E-state index contributed by atoms with van der Waals surface area (Å²) in [6.45, 7) is 4.65. The molecule has 0 unspecified atom stereocenters. The van der Waals surface area contributed by atoms with Crippen molar-refractivity contribution in [2.24, 2.45) is 0 Å². The lowest BCUT2D eigenvalue weighted by atomic mass is 10.2. The molecule has 1 fully saturated rings. The Morgan fingerprint density at radius 2 is 2.36 bits per heavy atom. The van der Waals surface area contributed by atoms with Crippen LogP contribution in [0.5, 0.6) is 0 Å². The second kappa shape index (κ2) is 4.04. The summed E-state index contributed by atoms with van der Waals surface area (Å²) in [5.74, 6) is 0. The Morgan fingerprint density at radius 1 is 1.64 bits per heavy atom. The predicted octanol–water partition coefficient (Wildman–Crippen LogP) is 0.0879. The van der Waals surface area contributed by atoms with Gasteiger partial charge in [-0.25, -0.2) is 0 Å². The van der Waals surface area contributed by atoms with E-state index in [1.165, 1.54) is 0 Å². The van der Waals surface area contributed by atoms with E-state index in [4.69, 9.17) is 4.74 Å². The summed E-state index contributed by atoms with van der Waals surface area (Å²) in [6, 6.07) is 0.514. The van der Waals surface area contributed by atoms with E-state index in [2.05, 4.69) is 11.8 Å². The molecule has 1 N–H and O–H groups in total. The lowest BCUT2D eigenvalue weighted by molar-refractivity contribution is 0.132. The van der Waals surface area contributed by atoms with Crippen molar-refractivity contribution in [1.82, 2.24) is 4.90 Å². The number of likely N-dealkylation sites (tertiary alicyclic amines) is 1. The quantitative estimate of drug-likeness (QED) is 0.633. The largest absolute Gasteiger partial charge is 0.392 e. The van der Waals surface area contributed by atoms with Crippen molar-refractivity contribution < 1.29 is 9.84 Å². The lowest BCUT2D eigenvalue weighted by Crippen LogP contribution is -2.30. The highest BCUT2D eigenvalue weighted by molar-refractivity contribution is 4.81. The van der Waals surface area contributed by atoms with Crippen LogP contribution >= 0.6 is 0 Å². The molecular weight excluding hydrogens is 142 g/mol. The standard InChI is InChI=1S/C8H17NO2/c1-7-5-8(10)6-9(7)3-4-11-2/h7-8,10H,3-6H2,1-2H3/t7-,8+/m0/s1. The Balaban J connectivity index is 2.23. The molecule has 1 aliphatic rings. The molecule has 11 heavy (non-hydrogen) atoms. The third-order valence-corrected chi connectivity index (χ3v) is 2.26. The maximum Gasteiger partial charge on any atom is 0.0682 e. The van der Waals surface area contributed by atoms with Crippen molar-refractivity contribution in [2.75, 3.05) is 26.8 Å². The summed E-state index contributed by atoms with van der Waals surface area (Å²) in [5, 5.41) is 9.29. The summed E-state index contributed by atoms with van der Waals surface area (Å²) in [7, 11) is 1.71. The van der Waals surface area contributed by atoms with Gasteiger partial charge in [-0.3, -0.25) is 4.90 Å². The summed E-state index contributed by atoms with van der Waals surface area (Å²) < 4.78 is 4.96. The van der Waals surface area contributed by atoms with Gasteiger partial charge in [-0.05, 0) is 13.3 Å². The number of rotatable bonds is 3. The first-order valence-electron chi connectivity index (χ1n) is 4.15. The second-order valence-electron chi connectivity index (χ2n) is 3.23. The van der Waals surface area contributed by atoms with E-state index in [9.17, 15) is 5.11 Å². The lowest BCUT2D eigenvalue weighted by Gasteiger charge is -2.19. The Labute approximate surface area is 68.0 Å². The molecule has 0 saturated carbocycles. The van der Waals surface area contributed by atoms with E-state index in [0.29, 0.717) is 6.04 Å². The van der Waals surface area contributed by atoms with Crippen LogP contribution in [0.3, 0.4) is 0 Å². The monoisotopic (exact) mass is 159 g/mol. The van der Waals surface area contributed by atoms with Crippen LogP contribution in [0.4, 0.5) is 0 Å². The molecular formula is C8H17NO2. The number of aliphatic hydroxyl groups is 1. The molecule has 1 saturated heterocycles. The first-order valence-corrected chi connectivity index (χ1v) is 4.15. The highest BCUT2D eigenvalue weighted by Gasteiger charge is 2.26. The van der Waals surface area contributed by atoms with Gasteiger partial charge in [0.2, 0.25) is 0 Å². The molecule has 0 spiro atoms. The molecule has 0 radical (unpaired) electrons. The summed E-state index contributed by atoms with van der Waals surface area (Å²) in [5.41, 5.74) is 0. The van der Waals surface area contributed by atoms with Gasteiger partial charge < -0.3 is 9.84 Å². The van der Waals surface area contributed by atoms with Gasteiger partial charge in [0.25, 0.3) is 0 Å². The van der Waals surface area contributed by atoms with Gasteiger partial charge in [0.15, 0.2) is 0 Å². The first kappa shape index (κ1) is 8.97. The fraction of sp³-hybridized carbons (Fsp3) is 1.00. The predicted molar refractivity (Wildman–Crippen MR) is 43.5 cm³/mol. The SMILES string of the molecule is COCCN1C[C@H](O)C[C@@H]1C. The van der Waals surface area contributed by atoms with Crippen molar-refractivity contribution >= 4 is 0 Å². The molecule has 0 bridgehead atoms. The van der Waals surface area contributed by atoms with Gasteiger partial charge >= 0.3 is 0 Å². The molecule has 1 rings (SSSR count). The van der Waals surface area contributed by atoms with E-state index >= 15 is 0 Å². The Bertz CT molecular complexity index is 119. The molecule has 0 amide bonds. The van der Waals surface area contributed by atoms with Crippen LogP contribution < -0.4 is 0 Å². The number of aliphatic hydroxyl groups excluding tert-OH is 1. The van der Waals surface area contributed by atoms with Crippen LogP contribution in [0, 0.1) is 0 Å². The van der Waals surface area contributed by atoms with E-state index < -0.39 is 0 Å². The van der Waals surface area contributed by atoms with Crippen LogP contribution in [0.15, 0.2) is 0 Å². The molecule has 0 aromatic carbocycles. The van der Waals surface area contributed by atoms with Crippen LogP contribution in [0.1, 0.15) is 13.3 Å². The number of nitrogens with zero attached hydrogens (tertiary/aromatic N) is 1. The maximum absolute atomic E-state index is 9.29. The molecule has 0 aliphatic carbocycles. The van der Waals surface area contributed by atoms with Crippen molar-refractivity contribution in [1.29, 1.82) is 0 Å². The molecule has 1 heterocycles. The molecule has 66 valence electrons. The normalized spacial score (nSPS) is 33.0. The zero-order chi connectivity index (χ0) is 8.27. The van der Waals surface area contributed by atoms with Gasteiger partial charge in [0.05, 0.1) is 12.7 Å². The van der Waals surface area contributed by atoms with Crippen LogP contribution in [0.2, 0.25) is 0 Å². The molecule has 0 aromatic heterocycles.